The van der Waals surface area contributed by atoms with Gasteiger partial charge in [0, 0.05) is 18.8 Å². The molecule has 1 fully saturated rings. The summed E-state index contributed by atoms with van der Waals surface area (Å²) in [6.07, 6.45) is 1.57. The summed E-state index contributed by atoms with van der Waals surface area (Å²) in [7, 11) is 1.56. The van der Waals surface area contributed by atoms with Crippen molar-refractivity contribution >= 4 is 17.5 Å². The van der Waals surface area contributed by atoms with Gasteiger partial charge in [0.2, 0.25) is 5.91 Å². The molecule has 6 nitrogen and oxygen atoms in total. The zero-order valence-electron chi connectivity index (χ0n) is 15.4. The van der Waals surface area contributed by atoms with E-state index in [1.807, 2.05) is 42.5 Å². The molecule has 1 unspecified atom stereocenters. The van der Waals surface area contributed by atoms with E-state index in [1.54, 1.807) is 24.1 Å². The predicted octanol–water partition coefficient (Wildman–Crippen LogP) is 2.95. The number of carbonyl (C=O) groups is 2. The summed E-state index contributed by atoms with van der Waals surface area (Å²) in [4.78, 5) is 26.7. The number of anilines is 1. The molecule has 0 spiro atoms. The molecular formula is C21H24N2O4. The van der Waals surface area contributed by atoms with Crippen LogP contribution >= 0.6 is 0 Å². The maximum absolute atomic E-state index is 12.5. The van der Waals surface area contributed by atoms with Gasteiger partial charge in [0.15, 0.2) is 18.1 Å². The van der Waals surface area contributed by atoms with Gasteiger partial charge in [-0.2, -0.15) is 0 Å². The van der Waals surface area contributed by atoms with Crippen LogP contribution in [0.5, 0.6) is 11.5 Å². The van der Waals surface area contributed by atoms with E-state index < -0.39 is 0 Å². The fraction of sp³-hybridized carbons (Fsp3) is 0.333. The number of ether oxygens (including phenoxy) is 2. The van der Waals surface area contributed by atoms with E-state index in [2.05, 4.69) is 5.32 Å². The number of amides is 2. The van der Waals surface area contributed by atoms with Crippen LogP contribution in [0.3, 0.4) is 0 Å². The minimum Gasteiger partial charge on any atom is -0.493 e. The number of carbonyl (C=O) groups excluding carboxylic acids is 2. The first-order chi connectivity index (χ1) is 13.2. The summed E-state index contributed by atoms with van der Waals surface area (Å²) in [6, 6.07) is 16.6. The summed E-state index contributed by atoms with van der Waals surface area (Å²) in [5.41, 5.74) is 0.769. The van der Waals surface area contributed by atoms with Crippen molar-refractivity contribution in [3.05, 3.63) is 54.6 Å². The maximum atomic E-state index is 12.5. The summed E-state index contributed by atoms with van der Waals surface area (Å²) in [5.74, 6) is 0.726. The van der Waals surface area contributed by atoms with Crippen LogP contribution < -0.4 is 14.8 Å². The molecular weight excluding hydrogens is 344 g/mol. The van der Waals surface area contributed by atoms with Crippen LogP contribution in [-0.2, 0) is 9.59 Å². The smallest absolute Gasteiger partial charge is 0.260 e. The highest BCUT2D eigenvalue weighted by molar-refractivity contribution is 5.93. The predicted molar refractivity (Wildman–Crippen MR) is 103 cm³/mol. The number of para-hydroxylation sites is 3. The average Bonchev–Trinajstić information content (AvgIpc) is 2.73. The molecule has 0 bridgehead atoms. The number of piperidine rings is 1. The lowest BCUT2D eigenvalue weighted by atomic mass is 9.97. The molecule has 0 radical (unpaired) electrons. The lowest BCUT2D eigenvalue weighted by molar-refractivity contribution is -0.136. The van der Waals surface area contributed by atoms with Gasteiger partial charge in [-0.15, -0.1) is 0 Å². The van der Waals surface area contributed by atoms with Crippen LogP contribution in [0.15, 0.2) is 54.6 Å². The Hall–Kier alpha value is -3.02. The number of likely N-dealkylation sites (tertiary alicyclic amines) is 1. The highest BCUT2D eigenvalue weighted by Gasteiger charge is 2.28. The Morgan fingerprint density at radius 2 is 1.78 bits per heavy atom. The third-order valence-electron chi connectivity index (χ3n) is 4.61. The number of rotatable bonds is 6. The topological polar surface area (TPSA) is 67.9 Å². The summed E-state index contributed by atoms with van der Waals surface area (Å²) < 4.78 is 10.8. The molecule has 1 saturated heterocycles. The summed E-state index contributed by atoms with van der Waals surface area (Å²) in [6.45, 7) is 0.976. The zero-order valence-corrected chi connectivity index (χ0v) is 15.4. The van der Waals surface area contributed by atoms with Gasteiger partial charge < -0.3 is 19.7 Å². The molecule has 27 heavy (non-hydrogen) atoms. The van der Waals surface area contributed by atoms with Crippen molar-refractivity contribution in [2.24, 2.45) is 5.92 Å². The molecule has 0 saturated carbocycles. The molecule has 6 heteroatoms. The Bertz CT molecular complexity index is 779. The normalized spacial score (nSPS) is 16.5. The van der Waals surface area contributed by atoms with Gasteiger partial charge >= 0.3 is 0 Å². The second kappa shape index (κ2) is 9.07. The van der Waals surface area contributed by atoms with Gasteiger partial charge in [0.1, 0.15) is 0 Å². The van der Waals surface area contributed by atoms with Crippen LogP contribution in [0.25, 0.3) is 0 Å². The Morgan fingerprint density at radius 1 is 1.07 bits per heavy atom. The van der Waals surface area contributed by atoms with Crippen LogP contribution in [0, 0.1) is 5.92 Å². The van der Waals surface area contributed by atoms with Crippen molar-refractivity contribution < 1.29 is 19.1 Å². The lowest BCUT2D eigenvalue weighted by Crippen LogP contribution is -2.45. The number of hydrogen-bond donors (Lipinski definition) is 1. The Labute approximate surface area is 159 Å². The first kappa shape index (κ1) is 18.8. The van der Waals surface area contributed by atoms with E-state index in [-0.39, 0.29) is 24.3 Å². The van der Waals surface area contributed by atoms with Gasteiger partial charge in [-0.25, -0.2) is 0 Å². The van der Waals surface area contributed by atoms with E-state index in [0.717, 1.165) is 18.5 Å². The highest BCUT2D eigenvalue weighted by atomic mass is 16.5. The molecule has 142 valence electrons. The molecule has 2 aromatic rings. The molecule has 1 atom stereocenters. The fourth-order valence-corrected chi connectivity index (χ4v) is 3.15. The Balaban J connectivity index is 1.54. The van der Waals surface area contributed by atoms with Crippen molar-refractivity contribution in [2.45, 2.75) is 12.8 Å². The zero-order chi connectivity index (χ0) is 19.1. The average molecular weight is 368 g/mol. The largest absolute Gasteiger partial charge is 0.493 e. The van der Waals surface area contributed by atoms with Crippen molar-refractivity contribution in [3.8, 4) is 11.5 Å². The summed E-state index contributed by atoms with van der Waals surface area (Å²) in [5, 5.41) is 2.92. The number of nitrogens with one attached hydrogen (secondary N) is 1. The van der Waals surface area contributed by atoms with Gasteiger partial charge in [0.05, 0.1) is 13.0 Å². The van der Waals surface area contributed by atoms with Crippen LogP contribution in [0.4, 0.5) is 5.69 Å². The maximum Gasteiger partial charge on any atom is 0.260 e. The third-order valence-corrected chi connectivity index (χ3v) is 4.61. The molecule has 0 aromatic heterocycles. The lowest BCUT2D eigenvalue weighted by Gasteiger charge is -2.32. The van der Waals surface area contributed by atoms with Crippen molar-refractivity contribution in [1.29, 1.82) is 0 Å². The van der Waals surface area contributed by atoms with Crippen LogP contribution in [0.2, 0.25) is 0 Å². The quantitative estimate of drug-likeness (QED) is 0.851. The van der Waals surface area contributed by atoms with Crippen molar-refractivity contribution in [3.63, 3.8) is 0 Å². The van der Waals surface area contributed by atoms with Gasteiger partial charge in [0.25, 0.3) is 5.91 Å². The SMILES string of the molecule is COc1ccccc1OCC(=O)N1CCCC(C(=O)Nc2ccccc2)C1. The second-order valence-corrected chi connectivity index (χ2v) is 6.47. The highest BCUT2D eigenvalue weighted by Crippen LogP contribution is 2.26. The van der Waals surface area contributed by atoms with E-state index in [9.17, 15) is 9.59 Å². The molecule has 1 N–H and O–H groups in total. The van der Waals surface area contributed by atoms with E-state index >= 15 is 0 Å². The van der Waals surface area contributed by atoms with Crippen LogP contribution in [0.1, 0.15) is 12.8 Å². The monoisotopic (exact) mass is 368 g/mol. The third kappa shape index (κ3) is 5.00. The number of benzene rings is 2. The van der Waals surface area contributed by atoms with Crippen LogP contribution in [-0.4, -0.2) is 43.5 Å². The number of hydrogen-bond acceptors (Lipinski definition) is 4. The van der Waals surface area contributed by atoms with Crippen molar-refractivity contribution in [2.75, 3.05) is 32.1 Å². The van der Waals surface area contributed by atoms with E-state index in [1.165, 1.54) is 0 Å². The van der Waals surface area contributed by atoms with Gasteiger partial charge in [-0.3, -0.25) is 9.59 Å². The first-order valence-corrected chi connectivity index (χ1v) is 9.07. The van der Waals surface area contributed by atoms with Gasteiger partial charge in [-0.05, 0) is 37.1 Å². The minimum absolute atomic E-state index is 0.0515. The molecule has 0 aliphatic carbocycles. The molecule has 1 aliphatic rings. The summed E-state index contributed by atoms with van der Waals surface area (Å²) >= 11 is 0. The minimum atomic E-state index is -0.214. The number of nitrogens with zero attached hydrogens (tertiary/aromatic N) is 1. The Morgan fingerprint density at radius 3 is 2.52 bits per heavy atom. The Kier molecular flexibility index (Phi) is 6.30. The first-order valence-electron chi connectivity index (χ1n) is 9.07. The van der Waals surface area contributed by atoms with Crippen molar-refractivity contribution in [1.82, 2.24) is 4.90 Å². The molecule has 1 aliphatic heterocycles. The second-order valence-electron chi connectivity index (χ2n) is 6.47. The van der Waals surface area contributed by atoms with Gasteiger partial charge in [-0.1, -0.05) is 30.3 Å². The molecule has 2 amide bonds. The van der Waals surface area contributed by atoms with E-state index in [0.29, 0.717) is 24.6 Å². The molecule has 1 heterocycles. The standard InChI is InChI=1S/C21H24N2O4/c1-26-18-11-5-6-12-19(18)27-15-20(24)23-13-7-8-16(14-23)21(25)22-17-9-3-2-4-10-17/h2-6,9-12,16H,7-8,13-15H2,1H3,(H,22,25). The fourth-order valence-electron chi connectivity index (χ4n) is 3.15. The molecule has 2 aromatic carbocycles. The molecule has 3 rings (SSSR count). The van der Waals surface area contributed by atoms with E-state index in [4.69, 9.17) is 9.47 Å². The number of methoxy groups -OCH3 is 1.